The highest BCUT2D eigenvalue weighted by molar-refractivity contribution is 6.45. The highest BCUT2D eigenvalue weighted by atomic mass is 35.5. The molecule has 0 saturated carbocycles. The normalized spacial score (nSPS) is 13.5. The van der Waals surface area contributed by atoms with Crippen LogP contribution in [0.2, 0.25) is 10.0 Å². The van der Waals surface area contributed by atoms with Gasteiger partial charge in [0.1, 0.15) is 40.2 Å². The Morgan fingerprint density at radius 3 is 1.35 bits per heavy atom. The maximum Gasteiger partial charge on any atom is 0.197 e. The van der Waals surface area contributed by atoms with Crippen LogP contribution in [0.4, 0.5) is 23.0 Å². The lowest BCUT2D eigenvalue weighted by Gasteiger charge is -2.28. The fourth-order valence-corrected chi connectivity index (χ4v) is 6.24. The number of carbonyl (C=O) groups excluding carboxylic acids is 2. The number of hydrogen-bond acceptors (Lipinski definition) is 10. The van der Waals surface area contributed by atoms with Crippen LogP contribution < -0.4 is 28.7 Å². The molecule has 1 aromatic heterocycles. The number of hydrogen-bond donors (Lipinski definition) is 0. The molecule has 0 fully saturated rings. The number of halogens is 2. The van der Waals surface area contributed by atoms with Crippen molar-refractivity contribution >= 4 is 68.8 Å². The first kappa shape index (κ1) is 31.0. The quantitative estimate of drug-likeness (QED) is 0.124. The largest absolute Gasteiger partial charge is 0.494 e. The Morgan fingerprint density at radius 1 is 0.583 bits per heavy atom. The van der Waals surface area contributed by atoms with E-state index in [2.05, 4.69) is 0 Å². The zero-order valence-corrected chi connectivity index (χ0v) is 27.6. The zero-order valence-electron chi connectivity index (χ0n) is 26.1. The van der Waals surface area contributed by atoms with E-state index in [1.165, 1.54) is 18.2 Å². The summed E-state index contributed by atoms with van der Waals surface area (Å²) in [6.45, 7) is 0. The van der Waals surface area contributed by atoms with Gasteiger partial charge in [0.25, 0.3) is 0 Å². The first-order valence-electron chi connectivity index (χ1n) is 14.6. The van der Waals surface area contributed by atoms with Crippen molar-refractivity contribution in [2.24, 2.45) is 0 Å². The summed E-state index contributed by atoms with van der Waals surface area (Å²) in [7, 11) is 6.21. The van der Waals surface area contributed by atoms with Crippen LogP contribution in [-0.4, -0.2) is 50.0 Å². The minimum absolute atomic E-state index is 0.0725. The number of para-hydroxylation sites is 4. The van der Waals surface area contributed by atoms with Gasteiger partial charge in [0.05, 0.1) is 55.1 Å². The van der Waals surface area contributed by atoms with Crippen LogP contribution in [0.25, 0.3) is 11.0 Å². The van der Waals surface area contributed by atoms with Gasteiger partial charge in [-0.2, -0.15) is 0 Å². The summed E-state index contributed by atoms with van der Waals surface area (Å²) in [6, 6.07) is 21.1. The molecule has 48 heavy (non-hydrogen) atoms. The van der Waals surface area contributed by atoms with Gasteiger partial charge in [-0.3, -0.25) is 19.4 Å². The maximum absolute atomic E-state index is 13.6. The van der Waals surface area contributed by atoms with Crippen molar-refractivity contribution in [3.63, 3.8) is 0 Å². The molecule has 0 atom stereocenters. The molecule has 7 rings (SSSR count). The van der Waals surface area contributed by atoms with Crippen LogP contribution in [0.15, 0.2) is 96.3 Å². The topological polar surface area (TPSA) is 103 Å². The number of rotatable bonds is 7. The summed E-state index contributed by atoms with van der Waals surface area (Å²) >= 11 is 12.4. The standard InChI is InChI=1S/C36H26Cl2N4O6/c1-45-26-11-7-12-27(46-2)31(26)41-30(16-15-19-33(43)20-17-22(37)23(38)18-21(20)34(19)44)42(32-28(47-3)13-8-14-29(32)48-4)36-35(41)39-24-9-5-6-10-25(24)40-36/h5-18H,1-4H3. The summed E-state index contributed by atoms with van der Waals surface area (Å²) in [5.74, 6) is 2.14. The fourth-order valence-electron chi connectivity index (χ4n) is 5.92. The molecule has 2 heterocycles. The molecule has 0 N–H and O–H groups in total. The molecule has 0 unspecified atom stereocenters. The third-order valence-corrected chi connectivity index (χ3v) is 8.83. The lowest BCUT2D eigenvalue weighted by atomic mass is 10.1. The van der Waals surface area contributed by atoms with Crippen molar-refractivity contribution in [3.8, 4) is 23.0 Å². The molecular weight excluding hydrogens is 655 g/mol. The number of anilines is 4. The van der Waals surface area contributed by atoms with Crippen LogP contribution in [0, 0.1) is 0 Å². The van der Waals surface area contributed by atoms with Gasteiger partial charge in [-0.25, -0.2) is 9.97 Å². The number of fused-ring (bicyclic) bond motifs is 3. The molecule has 4 aromatic carbocycles. The number of aromatic nitrogens is 2. The first-order chi connectivity index (χ1) is 23.3. The molecule has 0 spiro atoms. The molecule has 0 amide bonds. The molecule has 5 aromatic rings. The van der Waals surface area contributed by atoms with E-state index in [0.717, 1.165) is 0 Å². The van der Waals surface area contributed by atoms with Crippen LogP contribution in [0.3, 0.4) is 0 Å². The summed E-state index contributed by atoms with van der Waals surface area (Å²) in [5, 5.41) is 0.353. The number of Topliss-reactive ketones (excluding diaryl/α,β-unsaturated/α-hetero) is 2. The monoisotopic (exact) mass is 680 g/mol. The van der Waals surface area contributed by atoms with Gasteiger partial charge in [0.2, 0.25) is 0 Å². The number of methoxy groups -OCH3 is 4. The Labute approximate surface area is 285 Å². The van der Waals surface area contributed by atoms with Crippen molar-refractivity contribution in [1.82, 2.24) is 9.97 Å². The SMILES string of the molecule is COc1cccc(OC)c1N1C(=CC=C2C(=O)c3cc(Cl)c(Cl)cc3C2=O)N(c2c(OC)cccc2OC)c2nc3ccccc3nc21. The van der Waals surface area contributed by atoms with E-state index in [-0.39, 0.29) is 26.7 Å². The number of nitrogens with zero attached hydrogens (tertiary/aromatic N) is 4. The van der Waals surface area contributed by atoms with E-state index in [0.29, 0.717) is 62.9 Å². The highest BCUT2D eigenvalue weighted by Crippen LogP contribution is 2.56. The van der Waals surface area contributed by atoms with E-state index < -0.39 is 11.6 Å². The van der Waals surface area contributed by atoms with Crippen LogP contribution >= 0.6 is 23.2 Å². The second-order valence-corrected chi connectivity index (χ2v) is 11.4. The molecule has 1 aliphatic heterocycles. The molecule has 1 aliphatic carbocycles. The van der Waals surface area contributed by atoms with E-state index in [4.69, 9.17) is 52.1 Å². The van der Waals surface area contributed by atoms with Crippen LogP contribution in [-0.2, 0) is 0 Å². The molecule has 10 nitrogen and oxygen atoms in total. The highest BCUT2D eigenvalue weighted by Gasteiger charge is 2.42. The molecule has 0 radical (unpaired) electrons. The van der Waals surface area contributed by atoms with Gasteiger partial charge in [-0.05, 0) is 60.7 Å². The number of carbonyl (C=O) groups is 2. The van der Waals surface area contributed by atoms with Gasteiger partial charge in [-0.1, -0.05) is 47.5 Å². The first-order valence-corrected chi connectivity index (χ1v) is 15.4. The number of benzene rings is 4. The number of allylic oxidation sites excluding steroid dienone is 3. The smallest absolute Gasteiger partial charge is 0.197 e. The fraction of sp³-hybridized carbons (Fsp3) is 0.111. The third kappa shape index (κ3) is 4.80. The summed E-state index contributed by atoms with van der Waals surface area (Å²) < 4.78 is 23.4. The average molecular weight is 682 g/mol. The van der Waals surface area contributed by atoms with Crippen molar-refractivity contribution in [2.45, 2.75) is 0 Å². The Bertz CT molecular complexity index is 2040. The molecular formula is C36H26Cl2N4O6. The molecule has 12 heteroatoms. The van der Waals surface area contributed by atoms with Crippen molar-refractivity contribution in [3.05, 3.63) is 118 Å². The lowest BCUT2D eigenvalue weighted by Crippen LogP contribution is -2.23. The van der Waals surface area contributed by atoms with Crippen molar-refractivity contribution < 1.29 is 28.5 Å². The second-order valence-electron chi connectivity index (χ2n) is 10.6. The molecule has 0 saturated heterocycles. The zero-order chi connectivity index (χ0) is 33.7. The van der Waals surface area contributed by atoms with E-state index in [1.54, 1.807) is 80.7 Å². The van der Waals surface area contributed by atoms with E-state index in [9.17, 15) is 9.59 Å². The summed E-state index contributed by atoms with van der Waals surface area (Å²) in [5.41, 5.74) is 2.54. The Hall–Kier alpha value is -5.58. The maximum atomic E-state index is 13.6. The van der Waals surface area contributed by atoms with Crippen LogP contribution in [0.1, 0.15) is 20.7 Å². The average Bonchev–Trinajstić information content (AvgIpc) is 3.53. The minimum atomic E-state index is -0.481. The van der Waals surface area contributed by atoms with E-state index in [1.807, 2.05) is 24.3 Å². The third-order valence-electron chi connectivity index (χ3n) is 8.11. The molecule has 2 aliphatic rings. The van der Waals surface area contributed by atoms with Crippen LogP contribution in [0.5, 0.6) is 23.0 Å². The predicted octanol–water partition coefficient (Wildman–Crippen LogP) is 8.11. The Kier molecular flexibility index (Phi) is 7.90. The minimum Gasteiger partial charge on any atom is -0.494 e. The molecule has 240 valence electrons. The van der Waals surface area contributed by atoms with Gasteiger partial charge in [-0.15, -0.1) is 0 Å². The number of ketones is 2. The Balaban J connectivity index is 1.57. The van der Waals surface area contributed by atoms with Gasteiger partial charge in [0, 0.05) is 11.1 Å². The van der Waals surface area contributed by atoms with Gasteiger partial charge >= 0.3 is 0 Å². The number of ether oxygens (including phenoxy) is 4. The van der Waals surface area contributed by atoms with E-state index >= 15 is 0 Å². The molecule has 0 bridgehead atoms. The van der Waals surface area contributed by atoms with Gasteiger partial charge in [0.15, 0.2) is 23.2 Å². The second kappa shape index (κ2) is 12.2. The van der Waals surface area contributed by atoms with Crippen molar-refractivity contribution in [2.75, 3.05) is 38.2 Å². The van der Waals surface area contributed by atoms with Gasteiger partial charge < -0.3 is 18.9 Å². The van der Waals surface area contributed by atoms with Crippen molar-refractivity contribution in [1.29, 1.82) is 0 Å². The summed E-state index contributed by atoms with van der Waals surface area (Å²) in [6.07, 6.45) is 3.11. The Morgan fingerprint density at radius 2 is 0.979 bits per heavy atom. The summed E-state index contributed by atoms with van der Waals surface area (Å²) in [4.78, 5) is 41.0. The lowest BCUT2D eigenvalue weighted by molar-refractivity contribution is 0.0988. The predicted molar refractivity (Wildman–Crippen MR) is 184 cm³/mol.